The van der Waals surface area contributed by atoms with Crippen molar-refractivity contribution in [1.82, 2.24) is 4.90 Å². The van der Waals surface area contributed by atoms with Gasteiger partial charge in [0.2, 0.25) is 5.76 Å². The van der Waals surface area contributed by atoms with Gasteiger partial charge in [-0.2, -0.15) is 0 Å². The molecule has 20 heavy (non-hydrogen) atoms. The molecule has 0 atom stereocenters. The van der Waals surface area contributed by atoms with Gasteiger partial charge in [-0.3, -0.25) is 4.90 Å². The molecule has 0 amide bonds. The molecule has 1 aromatic rings. The molecule has 0 unspecified atom stereocenters. The summed E-state index contributed by atoms with van der Waals surface area (Å²) in [4.78, 5) is 13.4. The van der Waals surface area contributed by atoms with E-state index in [1.54, 1.807) is 6.07 Å². The maximum Gasteiger partial charge on any atom is 0.372 e. The Morgan fingerprint density at radius 3 is 2.20 bits per heavy atom. The molecule has 0 aliphatic rings. The standard InChI is InChI=1S/C16H27NO3/c1-12(2)5-8-17(9-6-13(3)4)11-14-7-10-20-15(14)16(18)19/h7,10,12-13H,5-6,8-9,11H2,1-4H3,(H,18,19). The minimum Gasteiger partial charge on any atom is -0.475 e. The predicted molar refractivity (Wildman–Crippen MR) is 79.9 cm³/mol. The van der Waals surface area contributed by atoms with Crippen LogP contribution in [0.25, 0.3) is 0 Å². The second-order valence-electron chi connectivity index (χ2n) is 6.22. The molecule has 0 fully saturated rings. The van der Waals surface area contributed by atoms with Gasteiger partial charge in [0.1, 0.15) is 0 Å². The molecule has 0 spiro atoms. The van der Waals surface area contributed by atoms with Crippen molar-refractivity contribution in [2.45, 2.75) is 47.1 Å². The fraction of sp³-hybridized carbons (Fsp3) is 0.688. The Morgan fingerprint density at radius 1 is 1.20 bits per heavy atom. The minimum absolute atomic E-state index is 0.0732. The molecule has 0 radical (unpaired) electrons. The van der Waals surface area contributed by atoms with E-state index in [2.05, 4.69) is 32.6 Å². The molecule has 4 nitrogen and oxygen atoms in total. The van der Waals surface area contributed by atoms with Crippen LogP contribution < -0.4 is 0 Å². The van der Waals surface area contributed by atoms with Crippen LogP contribution in [0.4, 0.5) is 0 Å². The van der Waals surface area contributed by atoms with Crippen LogP contribution >= 0.6 is 0 Å². The van der Waals surface area contributed by atoms with Crippen molar-refractivity contribution in [1.29, 1.82) is 0 Å². The van der Waals surface area contributed by atoms with Crippen molar-refractivity contribution >= 4 is 5.97 Å². The van der Waals surface area contributed by atoms with Gasteiger partial charge in [0, 0.05) is 12.1 Å². The number of aromatic carboxylic acids is 1. The van der Waals surface area contributed by atoms with E-state index in [-0.39, 0.29) is 5.76 Å². The van der Waals surface area contributed by atoms with Crippen LogP contribution in [0.3, 0.4) is 0 Å². The van der Waals surface area contributed by atoms with Gasteiger partial charge in [0.15, 0.2) is 0 Å². The molecule has 1 rings (SSSR count). The molecule has 0 aliphatic heterocycles. The Morgan fingerprint density at radius 2 is 1.75 bits per heavy atom. The monoisotopic (exact) mass is 281 g/mol. The Labute approximate surface area is 121 Å². The van der Waals surface area contributed by atoms with E-state index in [1.165, 1.54) is 6.26 Å². The predicted octanol–water partition coefficient (Wildman–Crippen LogP) is 3.87. The van der Waals surface area contributed by atoms with Crippen LogP contribution in [0.2, 0.25) is 0 Å². The topological polar surface area (TPSA) is 53.7 Å². The Kier molecular flexibility index (Phi) is 6.79. The number of nitrogens with zero attached hydrogens (tertiary/aromatic N) is 1. The Bertz CT molecular complexity index is 398. The number of carboxylic acid groups (broad SMARTS) is 1. The molecule has 0 aromatic carbocycles. The van der Waals surface area contributed by atoms with Crippen molar-refractivity contribution in [3.63, 3.8) is 0 Å². The molecule has 0 aliphatic carbocycles. The van der Waals surface area contributed by atoms with Gasteiger partial charge >= 0.3 is 5.97 Å². The smallest absolute Gasteiger partial charge is 0.372 e. The fourth-order valence-electron chi connectivity index (χ4n) is 2.04. The van der Waals surface area contributed by atoms with Gasteiger partial charge in [-0.25, -0.2) is 4.79 Å². The zero-order valence-corrected chi connectivity index (χ0v) is 13.1. The molecular weight excluding hydrogens is 254 g/mol. The highest BCUT2D eigenvalue weighted by molar-refractivity contribution is 5.86. The van der Waals surface area contributed by atoms with E-state index < -0.39 is 5.97 Å². The highest BCUT2D eigenvalue weighted by atomic mass is 16.4. The molecule has 1 N–H and O–H groups in total. The lowest BCUT2D eigenvalue weighted by Crippen LogP contribution is -2.27. The fourth-order valence-corrected chi connectivity index (χ4v) is 2.04. The van der Waals surface area contributed by atoms with Gasteiger partial charge in [-0.15, -0.1) is 0 Å². The first-order valence-corrected chi connectivity index (χ1v) is 7.42. The Hall–Kier alpha value is -1.29. The SMILES string of the molecule is CC(C)CCN(CCC(C)C)Cc1ccoc1C(=O)O. The van der Waals surface area contributed by atoms with Crippen molar-refractivity contribution in [2.75, 3.05) is 13.1 Å². The summed E-state index contributed by atoms with van der Waals surface area (Å²) < 4.78 is 5.05. The summed E-state index contributed by atoms with van der Waals surface area (Å²) in [6.45, 7) is 11.5. The highest BCUT2D eigenvalue weighted by Crippen LogP contribution is 2.16. The summed E-state index contributed by atoms with van der Waals surface area (Å²) in [5, 5.41) is 9.09. The maximum absolute atomic E-state index is 11.1. The van der Waals surface area contributed by atoms with Crippen molar-refractivity contribution in [2.24, 2.45) is 11.8 Å². The second kappa shape index (κ2) is 8.10. The lowest BCUT2D eigenvalue weighted by molar-refractivity contribution is 0.0658. The zero-order chi connectivity index (χ0) is 15.1. The molecule has 1 heterocycles. The average molecular weight is 281 g/mol. The van der Waals surface area contributed by atoms with Crippen LogP contribution in [-0.2, 0) is 6.54 Å². The van der Waals surface area contributed by atoms with E-state index >= 15 is 0 Å². The van der Waals surface area contributed by atoms with E-state index in [4.69, 9.17) is 9.52 Å². The lowest BCUT2D eigenvalue weighted by atomic mass is 10.1. The van der Waals surface area contributed by atoms with Crippen LogP contribution in [0, 0.1) is 11.8 Å². The third kappa shape index (κ3) is 5.78. The van der Waals surface area contributed by atoms with Gasteiger partial charge in [0.05, 0.1) is 6.26 Å². The normalized spacial score (nSPS) is 11.8. The van der Waals surface area contributed by atoms with E-state index in [9.17, 15) is 4.79 Å². The molecule has 0 bridgehead atoms. The first kappa shape index (κ1) is 16.8. The van der Waals surface area contributed by atoms with E-state index in [1.807, 2.05) is 0 Å². The molecule has 114 valence electrons. The number of hydrogen-bond acceptors (Lipinski definition) is 3. The number of carboxylic acids is 1. The van der Waals surface area contributed by atoms with Crippen LogP contribution in [-0.4, -0.2) is 29.1 Å². The van der Waals surface area contributed by atoms with Crippen LogP contribution in [0.1, 0.15) is 56.7 Å². The van der Waals surface area contributed by atoms with Gasteiger partial charge in [-0.1, -0.05) is 27.7 Å². The third-order valence-electron chi connectivity index (χ3n) is 3.38. The second-order valence-corrected chi connectivity index (χ2v) is 6.22. The summed E-state index contributed by atoms with van der Waals surface area (Å²) in [7, 11) is 0. The molecule has 0 saturated heterocycles. The van der Waals surface area contributed by atoms with Crippen molar-refractivity contribution in [3.05, 3.63) is 23.7 Å². The van der Waals surface area contributed by atoms with Gasteiger partial charge in [0.25, 0.3) is 0 Å². The average Bonchev–Trinajstić information content (AvgIpc) is 2.80. The van der Waals surface area contributed by atoms with Crippen molar-refractivity contribution in [3.8, 4) is 0 Å². The van der Waals surface area contributed by atoms with Gasteiger partial charge < -0.3 is 9.52 Å². The summed E-state index contributed by atoms with van der Waals surface area (Å²) in [6, 6.07) is 1.77. The van der Waals surface area contributed by atoms with Crippen LogP contribution in [0.5, 0.6) is 0 Å². The Balaban J connectivity index is 2.66. The summed E-state index contributed by atoms with van der Waals surface area (Å²) in [5.74, 6) is 0.390. The molecular formula is C16H27NO3. The summed E-state index contributed by atoms with van der Waals surface area (Å²) >= 11 is 0. The molecule has 4 heteroatoms. The molecule has 0 saturated carbocycles. The van der Waals surface area contributed by atoms with Gasteiger partial charge in [-0.05, 0) is 43.8 Å². The number of carbonyl (C=O) groups is 1. The summed E-state index contributed by atoms with van der Waals surface area (Å²) in [5.41, 5.74) is 0.769. The maximum atomic E-state index is 11.1. The van der Waals surface area contributed by atoms with Crippen molar-refractivity contribution < 1.29 is 14.3 Å². The number of furan rings is 1. The molecule has 1 aromatic heterocycles. The largest absolute Gasteiger partial charge is 0.475 e. The van der Waals surface area contributed by atoms with E-state index in [0.29, 0.717) is 18.4 Å². The lowest BCUT2D eigenvalue weighted by Gasteiger charge is -2.23. The first-order chi connectivity index (χ1) is 9.40. The van der Waals surface area contributed by atoms with E-state index in [0.717, 1.165) is 31.5 Å². The van der Waals surface area contributed by atoms with Crippen LogP contribution in [0.15, 0.2) is 16.7 Å². The number of hydrogen-bond donors (Lipinski definition) is 1. The minimum atomic E-state index is -0.988. The quantitative estimate of drug-likeness (QED) is 0.746. The first-order valence-electron chi connectivity index (χ1n) is 7.42. The highest BCUT2D eigenvalue weighted by Gasteiger charge is 2.17. The summed E-state index contributed by atoms with van der Waals surface area (Å²) in [6.07, 6.45) is 3.71. The zero-order valence-electron chi connectivity index (χ0n) is 13.1. The number of rotatable bonds is 9. The third-order valence-corrected chi connectivity index (χ3v) is 3.38.